The highest BCUT2D eigenvalue weighted by molar-refractivity contribution is 5.98. The first-order valence-electron chi connectivity index (χ1n) is 26.9. The van der Waals surface area contributed by atoms with E-state index in [2.05, 4.69) is 5.32 Å². The van der Waals surface area contributed by atoms with Crippen LogP contribution in [-0.2, 0) is 43.0 Å². The van der Waals surface area contributed by atoms with Crippen LogP contribution in [0.2, 0.25) is 0 Å². The van der Waals surface area contributed by atoms with Gasteiger partial charge in [0.15, 0.2) is 5.78 Å². The van der Waals surface area contributed by atoms with Crippen LogP contribution < -0.4 is 15.1 Å². The maximum atomic E-state index is 14.0. The Bertz CT molecular complexity index is 2810. The molecule has 2 aliphatic heterocycles. The van der Waals surface area contributed by atoms with Crippen molar-refractivity contribution in [3.63, 3.8) is 0 Å². The third kappa shape index (κ3) is 16.8. The summed E-state index contributed by atoms with van der Waals surface area (Å²) in [6, 6.07) is 42.5. The number of carboxylic acids is 1. The molecule has 5 aromatic carbocycles. The lowest BCUT2D eigenvalue weighted by Crippen LogP contribution is -2.39. The summed E-state index contributed by atoms with van der Waals surface area (Å²) in [7, 11) is 7.72. The van der Waals surface area contributed by atoms with Crippen molar-refractivity contribution in [2.24, 2.45) is 35.5 Å². The van der Waals surface area contributed by atoms with Crippen LogP contribution in [-0.4, -0.2) is 106 Å². The summed E-state index contributed by atoms with van der Waals surface area (Å²) in [6.45, 7) is 7.19. The third-order valence-electron chi connectivity index (χ3n) is 14.7. The van der Waals surface area contributed by atoms with E-state index in [1.54, 1.807) is 56.3 Å². The highest BCUT2D eigenvalue weighted by Gasteiger charge is 2.50. The predicted molar refractivity (Wildman–Crippen MR) is 300 cm³/mol. The Morgan fingerprint density at radius 3 is 1.44 bits per heavy atom. The molecule has 9 atom stereocenters. The molecule has 0 aromatic heterocycles. The number of aliphatic carboxylic acids is 1. The number of Topliss-reactive ketones (excluding diaryl/α,β-unsaturated/α-hetero) is 1. The van der Waals surface area contributed by atoms with Gasteiger partial charge in [0.25, 0.3) is 5.91 Å². The number of cyclic esters (lactones) is 4. The number of benzene rings is 5. The van der Waals surface area contributed by atoms with Gasteiger partial charge in [-0.25, -0.2) is 0 Å². The van der Waals surface area contributed by atoms with E-state index in [1.165, 1.54) is 0 Å². The van der Waals surface area contributed by atoms with E-state index < -0.39 is 65.4 Å². The summed E-state index contributed by atoms with van der Waals surface area (Å²) in [6.07, 6.45) is 2.09. The van der Waals surface area contributed by atoms with E-state index in [-0.39, 0.29) is 61.6 Å². The van der Waals surface area contributed by atoms with Crippen LogP contribution in [0.1, 0.15) is 115 Å². The predicted octanol–water partition coefficient (Wildman–Crippen LogP) is 9.27. The molecule has 5 aromatic rings. The lowest BCUT2D eigenvalue weighted by atomic mass is 9.69. The number of carbonyl (C=O) groups is 8. The number of nitrogens with zero attached hydrogens (tertiary/aromatic N) is 2. The summed E-state index contributed by atoms with van der Waals surface area (Å²) in [5, 5.41) is 22.0. The Balaban J connectivity index is 0.000000289. The van der Waals surface area contributed by atoms with Crippen molar-refractivity contribution in [3.05, 3.63) is 167 Å². The quantitative estimate of drug-likeness (QED) is 0.0182. The fraction of sp³-hybridized carbons (Fsp3) is 0.397. The number of amides is 1. The highest BCUT2D eigenvalue weighted by Crippen LogP contribution is 2.45. The number of ketones is 1. The fourth-order valence-electron chi connectivity index (χ4n) is 10.3. The average molecular weight is 1080 g/mol. The van der Waals surface area contributed by atoms with Crippen molar-refractivity contribution in [3.8, 4) is 0 Å². The lowest BCUT2D eigenvalue weighted by molar-refractivity contribution is -0.159. The summed E-state index contributed by atoms with van der Waals surface area (Å²) in [4.78, 5) is 104. The van der Waals surface area contributed by atoms with Crippen LogP contribution >= 0.6 is 0 Å². The van der Waals surface area contributed by atoms with E-state index in [1.807, 2.05) is 149 Å². The SMILES string of the molecule is CCC(c1ccccc1)C(C(=O)OCCNC(=O)c1ccc(N(C)C)cc1)C(CC(c1ccccc1)C1C(=O)OC(=O)C1C)C(=O)O.CCC(c1ccccc1)C1C(=O)OC(=O)C1C.CN(C)c1ccc(C(=O)CCCO)cc1. The van der Waals surface area contributed by atoms with Crippen LogP contribution in [0, 0.1) is 35.5 Å². The molecule has 0 radical (unpaired) electrons. The minimum atomic E-state index is -1.28. The van der Waals surface area contributed by atoms with Gasteiger partial charge in [-0.3, -0.25) is 38.4 Å². The van der Waals surface area contributed by atoms with Gasteiger partial charge in [-0.15, -0.1) is 0 Å². The van der Waals surface area contributed by atoms with Gasteiger partial charge in [-0.2, -0.15) is 0 Å². The number of anilines is 2. The maximum absolute atomic E-state index is 14.0. The zero-order chi connectivity index (χ0) is 57.8. The molecule has 0 bridgehead atoms. The molecule has 0 spiro atoms. The average Bonchev–Trinajstić information content (AvgIpc) is 3.92. The molecule has 16 heteroatoms. The Morgan fingerprint density at radius 1 is 0.595 bits per heavy atom. The lowest BCUT2D eigenvalue weighted by Gasteiger charge is -2.33. The molecule has 420 valence electrons. The van der Waals surface area contributed by atoms with Gasteiger partial charge in [0.2, 0.25) is 0 Å². The number of ether oxygens (including phenoxy) is 3. The Labute approximate surface area is 463 Å². The topological polar surface area (TPSA) is 223 Å². The van der Waals surface area contributed by atoms with Crippen molar-refractivity contribution < 1.29 is 62.8 Å². The summed E-state index contributed by atoms with van der Waals surface area (Å²) >= 11 is 0. The number of rotatable bonds is 23. The Kier molecular flexibility index (Phi) is 23.7. The minimum Gasteiger partial charge on any atom is -0.481 e. The second-order valence-corrected chi connectivity index (χ2v) is 20.2. The zero-order valence-electron chi connectivity index (χ0n) is 46.4. The number of hydrogen-bond acceptors (Lipinski definition) is 14. The van der Waals surface area contributed by atoms with Crippen LogP contribution in [0.5, 0.6) is 0 Å². The Morgan fingerprint density at radius 2 is 1.04 bits per heavy atom. The maximum Gasteiger partial charge on any atom is 0.318 e. The van der Waals surface area contributed by atoms with Crippen molar-refractivity contribution in [1.82, 2.24) is 5.32 Å². The third-order valence-corrected chi connectivity index (χ3v) is 14.7. The molecular formula is C63H75N3O13. The van der Waals surface area contributed by atoms with Crippen molar-refractivity contribution >= 4 is 58.9 Å². The number of carboxylic acid groups (broad SMARTS) is 1. The summed E-state index contributed by atoms with van der Waals surface area (Å²) in [5.74, 6) is -10.3. The number of esters is 5. The Hall–Kier alpha value is -7.98. The van der Waals surface area contributed by atoms with Gasteiger partial charge in [0, 0.05) is 63.7 Å². The van der Waals surface area contributed by atoms with Crippen LogP contribution in [0.25, 0.3) is 0 Å². The molecule has 3 N–H and O–H groups in total. The van der Waals surface area contributed by atoms with Crippen LogP contribution in [0.3, 0.4) is 0 Å². The minimum absolute atomic E-state index is 0.0206. The molecule has 0 saturated carbocycles. The van der Waals surface area contributed by atoms with Gasteiger partial charge in [0.1, 0.15) is 6.61 Å². The zero-order valence-corrected chi connectivity index (χ0v) is 46.4. The van der Waals surface area contributed by atoms with E-state index >= 15 is 0 Å². The van der Waals surface area contributed by atoms with E-state index in [0.29, 0.717) is 36.0 Å². The van der Waals surface area contributed by atoms with Gasteiger partial charge in [-0.1, -0.05) is 119 Å². The molecule has 9 unspecified atom stereocenters. The number of nitrogens with one attached hydrogen (secondary N) is 1. The second-order valence-electron chi connectivity index (χ2n) is 20.2. The van der Waals surface area contributed by atoms with Crippen LogP contribution in [0.15, 0.2) is 140 Å². The molecule has 79 heavy (non-hydrogen) atoms. The van der Waals surface area contributed by atoms with E-state index in [0.717, 1.165) is 28.9 Å². The first-order chi connectivity index (χ1) is 37.8. The summed E-state index contributed by atoms with van der Waals surface area (Å²) < 4.78 is 15.3. The highest BCUT2D eigenvalue weighted by atomic mass is 16.6. The molecule has 2 aliphatic rings. The first-order valence-corrected chi connectivity index (χ1v) is 26.9. The summed E-state index contributed by atoms with van der Waals surface area (Å²) in [5.41, 5.74) is 5.73. The van der Waals surface area contributed by atoms with Crippen molar-refractivity contribution in [2.75, 3.05) is 57.7 Å². The second kappa shape index (κ2) is 30.2. The largest absolute Gasteiger partial charge is 0.481 e. The molecule has 0 aliphatic carbocycles. The number of aliphatic hydroxyl groups excluding tert-OH is 1. The molecule has 2 saturated heterocycles. The van der Waals surface area contributed by atoms with E-state index in [9.17, 15) is 43.5 Å². The molecule has 7 rings (SSSR count). The van der Waals surface area contributed by atoms with Crippen LogP contribution in [0.4, 0.5) is 11.4 Å². The molecule has 2 fully saturated rings. The van der Waals surface area contributed by atoms with Gasteiger partial charge >= 0.3 is 35.8 Å². The molecule has 2 heterocycles. The smallest absolute Gasteiger partial charge is 0.318 e. The van der Waals surface area contributed by atoms with Crippen molar-refractivity contribution in [2.45, 2.75) is 77.6 Å². The standard InChI is InChI=1S/C37H42N2O8.C14H16O3.C12H17NO2/c1-5-28(24-12-8-6-9-13-24)32(36(44)46-21-20-38-33(40)26-16-18-27(19-17-26)39(3)4)30(34(41)42)22-29(25-14-10-7-11-15-25)31-23(2)35(43)47-37(31)45;1-3-11(10-7-5-4-6-8-10)12-9(2)13(15)17-14(12)16;1-13(2)11-7-5-10(6-8-11)12(15)4-3-9-14/h6-19,23,28-32H,5,20-22H2,1-4H3,(H,38,40)(H,41,42);4-9,11-12H,3H2,1-2H3;5-8,14H,3-4,9H2,1-2H3. The molecule has 16 nitrogen and oxygen atoms in total. The first kappa shape index (κ1) is 61.9. The van der Waals surface area contributed by atoms with Gasteiger partial charge in [0.05, 0.1) is 42.1 Å². The van der Waals surface area contributed by atoms with Gasteiger partial charge < -0.3 is 39.5 Å². The van der Waals surface area contributed by atoms with Gasteiger partial charge in [-0.05, 0) is 109 Å². The normalized spacial score (nSPS) is 18.4. The van der Waals surface area contributed by atoms with Crippen molar-refractivity contribution in [1.29, 1.82) is 0 Å². The number of hydrogen-bond donors (Lipinski definition) is 3. The number of aliphatic hydroxyl groups is 1. The molecule has 1 amide bonds. The molecular weight excluding hydrogens is 1010 g/mol. The van der Waals surface area contributed by atoms with E-state index in [4.69, 9.17) is 19.3 Å². The number of carbonyl (C=O) groups excluding carboxylic acids is 7. The monoisotopic (exact) mass is 1080 g/mol. The fourth-order valence-corrected chi connectivity index (χ4v) is 10.3.